The summed E-state index contributed by atoms with van der Waals surface area (Å²) in [6, 6.07) is 0. The highest BCUT2D eigenvalue weighted by molar-refractivity contribution is 5.43. The van der Waals surface area contributed by atoms with Crippen LogP contribution in [0.5, 0.6) is 0 Å². The lowest BCUT2D eigenvalue weighted by molar-refractivity contribution is 0.174. The van der Waals surface area contributed by atoms with Crippen molar-refractivity contribution in [1.29, 1.82) is 0 Å². The Morgan fingerprint density at radius 1 is 1.50 bits per heavy atom. The van der Waals surface area contributed by atoms with Crippen LogP contribution in [-0.2, 0) is 17.9 Å². The van der Waals surface area contributed by atoms with E-state index in [0.717, 1.165) is 13.0 Å². The topological polar surface area (TPSA) is 78.9 Å². The number of aryl methyl sites for hydroxylation is 1. The van der Waals surface area contributed by atoms with Gasteiger partial charge >= 0.3 is 0 Å². The molecule has 0 bridgehead atoms. The van der Waals surface area contributed by atoms with Crippen LogP contribution in [0.15, 0.2) is 10.7 Å². The lowest BCUT2D eigenvalue weighted by Gasteiger charge is -1.91. The third kappa shape index (κ3) is 2.25. The summed E-state index contributed by atoms with van der Waals surface area (Å²) >= 11 is 0. The molecule has 2 aromatic rings. The molecule has 16 heavy (non-hydrogen) atoms. The van der Waals surface area contributed by atoms with Crippen molar-refractivity contribution in [3.05, 3.63) is 12.0 Å². The normalized spacial score (nSPS) is 10.9. The van der Waals surface area contributed by atoms with Gasteiger partial charge in [-0.25, -0.2) is 0 Å². The van der Waals surface area contributed by atoms with Crippen molar-refractivity contribution in [3.8, 4) is 11.6 Å². The zero-order valence-electron chi connectivity index (χ0n) is 9.25. The Morgan fingerprint density at radius 2 is 2.38 bits per heavy atom. The van der Waals surface area contributed by atoms with Crippen LogP contribution in [0, 0.1) is 0 Å². The van der Waals surface area contributed by atoms with E-state index in [1.54, 1.807) is 18.0 Å². The van der Waals surface area contributed by atoms with Crippen molar-refractivity contribution < 1.29 is 9.26 Å². The van der Waals surface area contributed by atoms with Gasteiger partial charge in [0.2, 0.25) is 0 Å². The first kappa shape index (κ1) is 10.7. The first-order valence-corrected chi connectivity index (χ1v) is 5.05. The molecule has 2 rings (SSSR count). The molecule has 0 unspecified atom stereocenters. The number of ether oxygens (including phenoxy) is 1. The van der Waals surface area contributed by atoms with Gasteiger partial charge in [-0.1, -0.05) is 17.3 Å². The molecule has 0 aliphatic heterocycles. The van der Waals surface area contributed by atoms with Gasteiger partial charge in [0.1, 0.15) is 6.61 Å². The second-order valence-electron chi connectivity index (χ2n) is 3.32. The van der Waals surface area contributed by atoms with Crippen molar-refractivity contribution >= 4 is 0 Å². The van der Waals surface area contributed by atoms with Crippen LogP contribution in [0.1, 0.15) is 19.2 Å². The van der Waals surface area contributed by atoms with Gasteiger partial charge in [0, 0.05) is 13.7 Å². The molecule has 0 fully saturated rings. The second kappa shape index (κ2) is 4.84. The minimum atomic E-state index is 0.326. The van der Waals surface area contributed by atoms with Crippen molar-refractivity contribution in [2.45, 2.75) is 26.5 Å². The van der Waals surface area contributed by atoms with Gasteiger partial charge < -0.3 is 9.26 Å². The fraction of sp³-hybridized carbons (Fsp3) is 0.556. The highest BCUT2D eigenvalue weighted by Gasteiger charge is 2.12. The maximum Gasteiger partial charge on any atom is 0.280 e. The molecule has 0 aromatic carbocycles. The Bertz CT molecular complexity index is 408. The summed E-state index contributed by atoms with van der Waals surface area (Å²) < 4.78 is 11.7. The van der Waals surface area contributed by atoms with Crippen LogP contribution in [0.2, 0.25) is 0 Å². The predicted molar refractivity (Wildman–Crippen MR) is 54.3 cm³/mol. The maximum atomic E-state index is 5.04. The minimum absolute atomic E-state index is 0.326. The first-order valence-electron chi connectivity index (χ1n) is 5.05. The van der Waals surface area contributed by atoms with Gasteiger partial charge in [0.25, 0.3) is 5.89 Å². The first-order chi connectivity index (χ1) is 7.83. The van der Waals surface area contributed by atoms with Crippen molar-refractivity contribution in [3.63, 3.8) is 0 Å². The number of hydrogen-bond donors (Lipinski definition) is 0. The Hall–Kier alpha value is -1.76. The Morgan fingerprint density at radius 3 is 3.12 bits per heavy atom. The van der Waals surface area contributed by atoms with Crippen molar-refractivity contribution in [2.75, 3.05) is 7.11 Å². The molecule has 7 heteroatoms. The summed E-state index contributed by atoms with van der Waals surface area (Å²) in [5.74, 6) is 0.872. The number of methoxy groups -OCH3 is 1. The Balaban J connectivity index is 2.14. The van der Waals surface area contributed by atoms with Gasteiger partial charge in [-0.3, -0.25) is 4.68 Å². The van der Waals surface area contributed by atoms with Gasteiger partial charge in [0.05, 0.1) is 6.20 Å². The van der Waals surface area contributed by atoms with Crippen LogP contribution in [0.25, 0.3) is 11.6 Å². The molecule has 0 radical (unpaired) electrons. The predicted octanol–water partition coefficient (Wildman–Crippen LogP) is 0.884. The monoisotopic (exact) mass is 223 g/mol. The van der Waals surface area contributed by atoms with Gasteiger partial charge in [-0.2, -0.15) is 4.98 Å². The lowest BCUT2D eigenvalue weighted by Crippen LogP contribution is -1.96. The molecule has 7 nitrogen and oxygen atoms in total. The summed E-state index contributed by atoms with van der Waals surface area (Å²) in [5, 5.41) is 11.6. The number of nitrogens with zero attached hydrogens (tertiary/aromatic N) is 5. The van der Waals surface area contributed by atoms with Crippen LogP contribution in [0.3, 0.4) is 0 Å². The summed E-state index contributed by atoms with van der Waals surface area (Å²) in [5.41, 5.74) is 0.586. The molecule has 0 saturated heterocycles. The lowest BCUT2D eigenvalue weighted by atomic mass is 10.4. The third-order valence-electron chi connectivity index (χ3n) is 1.95. The van der Waals surface area contributed by atoms with E-state index in [2.05, 4.69) is 27.4 Å². The van der Waals surface area contributed by atoms with Gasteiger partial charge in [-0.05, 0) is 6.42 Å². The molecule has 0 amide bonds. The van der Waals surface area contributed by atoms with Gasteiger partial charge in [0.15, 0.2) is 11.5 Å². The van der Waals surface area contributed by atoms with E-state index in [9.17, 15) is 0 Å². The van der Waals surface area contributed by atoms with E-state index < -0.39 is 0 Å². The molecule has 2 aromatic heterocycles. The van der Waals surface area contributed by atoms with E-state index in [0.29, 0.717) is 24.0 Å². The largest absolute Gasteiger partial charge is 0.377 e. The summed E-state index contributed by atoms with van der Waals surface area (Å²) in [7, 11) is 1.58. The molecule has 86 valence electrons. The summed E-state index contributed by atoms with van der Waals surface area (Å²) in [6.07, 6.45) is 2.79. The number of aromatic nitrogens is 5. The fourth-order valence-corrected chi connectivity index (χ4v) is 1.28. The standard InChI is InChI=1S/C9H13N5O2/c1-3-4-14-5-7(11-13-14)9-10-8(6-15-2)12-16-9/h5H,3-4,6H2,1-2H3. The zero-order valence-corrected chi connectivity index (χ0v) is 9.25. The average molecular weight is 223 g/mol. The van der Waals surface area contributed by atoms with E-state index in [4.69, 9.17) is 9.26 Å². The SMILES string of the molecule is CCCn1cc(-c2nc(COC)no2)nn1. The zero-order chi connectivity index (χ0) is 11.4. The third-order valence-corrected chi connectivity index (χ3v) is 1.95. The molecule has 0 aliphatic rings. The van der Waals surface area contributed by atoms with Crippen LogP contribution in [0.4, 0.5) is 0 Å². The van der Waals surface area contributed by atoms with Crippen molar-refractivity contribution in [2.24, 2.45) is 0 Å². The fourth-order valence-electron chi connectivity index (χ4n) is 1.28. The molecule has 2 heterocycles. The van der Waals surface area contributed by atoms with Crippen LogP contribution >= 0.6 is 0 Å². The Kier molecular flexibility index (Phi) is 3.25. The molecular formula is C9H13N5O2. The summed E-state index contributed by atoms with van der Waals surface area (Å²) in [4.78, 5) is 4.13. The van der Waals surface area contributed by atoms with E-state index in [-0.39, 0.29) is 0 Å². The van der Waals surface area contributed by atoms with Gasteiger partial charge in [-0.15, -0.1) is 5.10 Å². The van der Waals surface area contributed by atoms with E-state index >= 15 is 0 Å². The molecular weight excluding hydrogens is 210 g/mol. The molecule has 0 N–H and O–H groups in total. The number of hydrogen-bond acceptors (Lipinski definition) is 6. The molecule has 0 aliphatic carbocycles. The van der Waals surface area contributed by atoms with E-state index in [1.807, 2.05) is 0 Å². The molecule has 0 saturated carbocycles. The number of rotatable bonds is 5. The van der Waals surface area contributed by atoms with Crippen molar-refractivity contribution in [1.82, 2.24) is 25.1 Å². The second-order valence-corrected chi connectivity index (χ2v) is 3.32. The minimum Gasteiger partial charge on any atom is -0.377 e. The highest BCUT2D eigenvalue weighted by Crippen LogP contribution is 2.13. The Labute approximate surface area is 92.4 Å². The quantitative estimate of drug-likeness (QED) is 0.748. The van der Waals surface area contributed by atoms with Crippen LogP contribution < -0.4 is 0 Å². The average Bonchev–Trinajstić information content (AvgIpc) is 2.87. The highest BCUT2D eigenvalue weighted by atomic mass is 16.5. The van der Waals surface area contributed by atoms with Crippen LogP contribution in [-0.4, -0.2) is 32.2 Å². The molecule has 0 atom stereocenters. The van der Waals surface area contributed by atoms with E-state index in [1.165, 1.54) is 0 Å². The maximum absolute atomic E-state index is 5.04. The summed E-state index contributed by atoms with van der Waals surface area (Å²) in [6.45, 7) is 3.23. The smallest absolute Gasteiger partial charge is 0.280 e. The molecule has 0 spiro atoms.